The van der Waals surface area contributed by atoms with E-state index in [-0.39, 0.29) is 11.8 Å². The Morgan fingerprint density at radius 1 is 1.08 bits per heavy atom. The molecule has 1 amide bonds. The zero-order chi connectivity index (χ0) is 8.81. The monoisotopic (exact) mass is 168 g/mol. The summed E-state index contributed by atoms with van der Waals surface area (Å²) >= 11 is 0. The zero-order valence-electron chi connectivity index (χ0n) is 7.64. The van der Waals surface area contributed by atoms with Crippen molar-refractivity contribution in [1.82, 2.24) is 5.32 Å². The Kier molecular flexibility index (Phi) is 4.12. The van der Waals surface area contributed by atoms with E-state index in [1.54, 1.807) is 0 Å². The van der Waals surface area contributed by atoms with E-state index >= 15 is 0 Å². The molecule has 69 valence electrons. The molecule has 0 spiro atoms. The average molecular weight is 168 g/mol. The second-order valence-electron chi connectivity index (χ2n) is 3.58. The second kappa shape index (κ2) is 5.18. The molecule has 12 heavy (non-hydrogen) atoms. The van der Waals surface area contributed by atoms with Gasteiger partial charge in [-0.3, -0.25) is 4.79 Å². The van der Waals surface area contributed by atoms with Gasteiger partial charge in [-0.05, 0) is 12.8 Å². The number of nitrogens with one attached hydrogen (secondary N) is 1. The molecule has 0 atom stereocenters. The van der Waals surface area contributed by atoms with Crippen molar-refractivity contribution in [3.8, 4) is 0 Å². The highest BCUT2D eigenvalue weighted by Crippen LogP contribution is 2.22. The molecule has 0 aromatic rings. The van der Waals surface area contributed by atoms with Gasteiger partial charge in [0.05, 0.1) is 0 Å². The first kappa shape index (κ1) is 9.56. The van der Waals surface area contributed by atoms with Gasteiger partial charge in [0.2, 0.25) is 5.91 Å². The fourth-order valence-electron chi connectivity index (χ4n) is 1.86. The van der Waals surface area contributed by atoms with Crippen LogP contribution in [0.15, 0.2) is 0 Å². The molecule has 0 saturated heterocycles. The summed E-state index contributed by atoms with van der Waals surface area (Å²) in [4.78, 5) is 11.3. The van der Waals surface area contributed by atoms with Gasteiger partial charge in [0.1, 0.15) is 0 Å². The van der Waals surface area contributed by atoms with Gasteiger partial charge in [0.15, 0.2) is 0 Å². The molecule has 2 nitrogen and oxygen atoms in total. The van der Waals surface area contributed by atoms with E-state index < -0.39 is 0 Å². The SMILES string of the molecule is [CH2]NC(=O)C1CCCCCCC1. The van der Waals surface area contributed by atoms with Crippen LogP contribution in [0.5, 0.6) is 0 Å². The van der Waals surface area contributed by atoms with Gasteiger partial charge in [-0.1, -0.05) is 32.1 Å². The van der Waals surface area contributed by atoms with Gasteiger partial charge in [-0.25, -0.2) is 0 Å². The maximum absolute atomic E-state index is 11.3. The number of amides is 1. The summed E-state index contributed by atoms with van der Waals surface area (Å²) in [6, 6.07) is 0. The molecule has 1 rings (SSSR count). The lowest BCUT2D eigenvalue weighted by atomic mass is 9.91. The van der Waals surface area contributed by atoms with Gasteiger partial charge in [-0.2, -0.15) is 0 Å². The lowest BCUT2D eigenvalue weighted by Crippen LogP contribution is -2.26. The summed E-state index contributed by atoms with van der Waals surface area (Å²) in [7, 11) is 3.42. The third kappa shape index (κ3) is 2.84. The Bertz CT molecular complexity index is 137. The Morgan fingerprint density at radius 2 is 1.58 bits per heavy atom. The molecule has 0 heterocycles. The lowest BCUT2D eigenvalue weighted by molar-refractivity contribution is -0.124. The van der Waals surface area contributed by atoms with Crippen LogP contribution in [0.3, 0.4) is 0 Å². The molecule has 1 N–H and O–H groups in total. The van der Waals surface area contributed by atoms with E-state index in [9.17, 15) is 4.79 Å². The molecule has 1 radical (unpaired) electrons. The van der Waals surface area contributed by atoms with E-state index in [1.165, 1.54) is 32.1 Å². The number of hydrogen-bond acceptors (Lipinski definition) is 1. The summed E-state index contributed by atoms with van der Waals surface area (Å²) in [5, 5.41) is 2.49. The van der Waals surface area contributed by atoms with Gasteiger partial charge < -0.3 is 5.32 Å². The van der Waals surface area contributed by atoms with Crippen LogP contribution < -0.4 is 5.32 Å². The summed E-state index contributed by atoms with van der Waals surface area (Å²) in [5.41, 5.74) is 0. The summed E-state index contributed by atoms with van der Waals surface area (Å²) in [6.07, 6.45) is 8.46. The highest BCUT2D eigenvalue weighted by atomic mass is 16.1. The van der Waals surface area contributed by atoms with Crippen molar-refractivity contribution in [1.29, 1.82) is 0 Å². The van der Waals surface area contributed by atoms with Crippen LogP contribution in [-0.4, -0.2) is 5.91 Å². The fraction of sp³-hybridized carbons (Fsp3) is 0.800. The molecule has 2 heteroatoms. The maximum atomic E-state index is 11.3. The van der Waals surface area contributed by atoms with Crippen LogP contribution in [0.25, 0.3) is 0 Å². The smallest absolute Gasteiger partial charge is 0.223 e. The van der Waals surface area contributed by atoms with Gasteiger partial charge in [-0.15, -0.1) is 0 Å². The largest absolute Gasteiger partial charge is 0.354 e. The quantitative estimate of drug-likeness (QED) is 0.639. The molecular weight excluding hydrogens is 150 g/mol. The Balaban J connectivity index is 2.34. The normalized spacial score (nSPS) is 21.1. The van der Waals surface area contributed by atoms with Crippen LogP contribution in [0.4, 0.5) is 0 Å². The van der Waals surface area contributed by atoms with Crippen LogP contribution >= 0.6 is 0 Å². The summed E-state index contributed by atoms with van der Waals surface area (Å²) in [5.74, 6) is 0.375. The third-order valence-corrected chi connectivity index (χ3v) is 2.65. The van der Waals surface area contributed by atoms with Crippen molar-refractivity contribution in [2.45, 2.75) is 44.9 Å². The van der Waals surface area contributed by atoms with Crippen molar-refractivity contribution >= 4 is 5.91 Å². The Morgan fingerprint density at radius 3 is 2.08 bits per heavy atom. The first-order valence-corrected chi connectivity index (χ1v) is 4.91. The third-order valence-electron chi connectivity index (χ3n) is 2.65. The Hall–Kier alpha value is -0.530. The van der Waals surface area contributed by atoms with Crippen LogP contribution in [0.1, 0.15) is 44.9 Å². The first-order valence-electron chi connectivity index (χ1n) is 4.91. The lowest BCUT2D eigenvalue weighted by Gasteiger charge is -2.17. The molecule has 1 fully saturated rings. The maximum Gasteiger partial charge on any atom is 0.223 e. The van der Waals surface area contributed by atoms with Gasteiger partial charge in [0.25, 0.3) is 0 Å². The van der Waals surface area contributed by atoms with Crippen molar-refractivity contribution in [2.75, 3.05) is 0 Å². The van der Waals surface area contributed by atoms with E-state index in [4.69, 9.17) is 0 Å². The molecule has 0 bridgehead atoms. The Labute approximate surface area is 74.7 Å². The molecule has 1 saturated carbocycles. The predicted octanol–water partition coefficient (Wildman–Crippen LogP) is 2.25. The first-order chi connectivity index (χ1) is 5.84. The minimum atomic E-state index is 0.136. The molecule has 0 aliphatic heterocycles. The van der Waals surface area contributed by atoms with Crippen LogP contribution in [-0.2, 0) is 4.79 Å². The molecule has 0 unspecified atom stereocenters. The number of carbonyl (C=O) groups excluding carboxylic acids is 1. The zero-order valence-corrected chi connectivity index (χ0v) is 7.64. The molecule has 0 aromatic carbocycles. The second-order valence-corrected chi connectivity index (χ2v) is 3.58. The van der Waals surface area contributed by atoms with E-state index in [2.05, 4.69) is 12.4 Å². The standard InChI is InChI=1S/C10H18NO/c1-11-10(12)9-7-5-3-2-4-6-8-9/h9H,1-8H2,(H,11,12). The van der Waals surface area contributed by atoms with Gasteiger partial charge in [0, 0.05) is 13.0 Å². The molecule has 1 aliphatic carbocycles. The van der Waals surface area contributed by atoms with E-state index in [0.29, 0.717) is 0 Å². The predicted molar refractivity (Wildman–Crippen MR) is 49.3 cm³/mol. The van der Waals surface area contributed by atoms with Crippen LogP contribution in [0, 0.1) is 13.0 Å². The number of hydrogen-bond donors (Lipinski definition) is 1. The molecular formula is C10H18NO. The van der Waals surface area contributed by atoms with Crippen molar-refractivity contribution in [3.05, 3.63) is 7.05 Å². The average Bonchev–Trinajstić information content (AvgIpc) is 2.02. The summed E-state index contributed by atoms with van der Waals surface area (Å²) in [6.45, 7) is 0. The van der Waals surface area contributed by atoms with Crippen molar-refractivity contribution in [2.24, 2.45) is 5.92 Å². The van der Waals surface area contributed by atoms with Crippen LogP contribution in [0.2, 0.25) is 0 Å². The van der Waals surface area contributed by atoms with Crippen molar-refractivity contribution in [3.63, 3.8) is 0 Å². The number of carbonyl (C=O) groups is 1. The topological polar surface area (TPSA) is 29.1 Å². The fourth-order valence-corrected chi connectivity index (χ4v) is 1.86. The summed E-state index contributed by atoms with van der Waals surface area (Å²) < 4.78 is 0. The molecule has 0 aromatic heterocycles. The van der Waals surface area contributed by atoms with Gasteiger partial charge >= 0.3 is 0 Å². The minimum Gasteiger partial charge on any atom is -0.354 e. The van der Waals surface area contributed by atoms with Crippen molar-refractivity contribution < 1.29 is 4.79 Å². The molecule has 1 aliphatic rings. The number of rotatable bonds is 1. The van der Waals surface area contributed by atoms with E-state index in [0.717, 1.165) is 12.8 Å². The minimum absolute atomic E-state index is 0.136. The highest BCUT2D eigenvalue weighted by molar-refractivity contribution is 5.78. The van der Waals surface area contributed by atoms with E-state index in [1.807, 2.05) is 0 Å². The highest BCUT2D eigenvalue weighted by Gasteiger charge is 2.17.